The summed E-state index contributed by atoms with van der Waals surface area (Å²) in [5.41, 5.74) is 8.97. The molecule has 1 aliphatic carbocycles. The van der Waals surface area contributed by atoms with Gasteiger partial charge in [0.1, 0.15) is 5.82 Å². The molecule has 2 aromatic rings. The van der Waals surface area contributed by atoms with Crippen molar-refractivity contribution in [1.29, 1.82) is 0 Å². The number of nitrogens with one attached hydrogen (secondary N) is 1. The fourth-order valence-electron chi connectivity index (χ4n) is 2.84. The zero-order chi connectivity index (χ0) is 15.9. The minimum Gasteiger partial charge on any atom is -0.383 e. The van der Waals surface area contributed by atoms with Crippen molar-refractivity contribution in [1.82, 2.24) is 9.97 Å². The minimum atomic E-state index is -0.647. The average Bonchev–Trinajstić information content (AvgIpc) is 3.29. The molecule has 1 aromatic heterocycles. The van der Waals surface area contributed by atoms with Gasteiger partial charge in [-0.3, -0.25) is 0 Å². The molecule has 0 unspecified atom stereocenters. The van der Waals surface area contributed by atoms with Crippen molar-refractivity contribution in [2.24, 2.45) is 0 Å². The maximum Gasteiger partial charge on any atom is 0.229 e. The van der Waals surface area contributed by atoms with Crippen LogP contribution in [-0.2, 0) is 15.3 Å². The van der Waals surface area contributed by atoms with Crippen LogP contribution in [0.4, 0.5) is 17.5 Å². The first-order valence-electron chi connectivity index (χ1n) is 7.92. The van der Waals surface area contributed by atoms with E-state index in [-0.39, 0.29) is 0 Å². The molecule has 0 bridgehead atoms. The lowest BCUT2D eigenvalue weighted by molar-refractivity contribution is -0.149. The van der Waals surface area contributed by atoms with Crippen molar-refractivity contribution in [3.05, 3.63) is 41.6 Å². The summed E-state index contributed by atoms with van der Waals surface area (Å²) < 4.78 is 11.3. The fourth-order valence-corrected chi connectivity index (χ4v) is 2.84. The van der Waals surface area contributed by atoms with Crippen LogP contribution in [0, 0.1) is 0 Å². The van der Waals surface area contributed by atoms with Gasteiger partial charge >= 0.3 is 0 Å². The number of ether oxygens (including phenoxy) is 2. The molecule has 0 atom stereocenters. The van der Waals surface area contributed by atoms with Gasteiger partial charge in [0.15, 0.2) is 5.79 Å². The highest BCUT2D eigenvalue weighted by molar-refractivity contribution is 5.56. The van der Waals surface area contributed by atoms with Gasteiger partial charge in [0, 0.05) is 23.0 Å². The van der Waals surface area contributed by atoms with Gasteiger partial charge in [-0.15, -0.1) is 0 Å². The van der Waals surface area contributed by atoms with E-state index in [4.69, 9.17) is 15.2 Å². The van der Waals surface area contributed by atoms with E-state index in [1.54, 1.807) is 0 Å². The van der Waals surface area contributed by atoms with E-state index in [0.29, 0.717) is 30.9 Å². The molecule has 0 radical (unpaired) electrons. The molecule has 2 aliphatic rings. The Morgan fingerprint density at radius 1 is 1.17 bits per heavy atom. The number of anilines is 3. The van der Waals surface area contributed by atoms with E-state index >= 15 is 0 Å². The SMILES string of the molecule is CC1(c2ccc(Nc3ncc(C4CC4)c(N)n3)cc2)OCCO1. The summed E-state index contributed by atoms with van der Waals surface area (Å²) in [5.74, 6) is 0.988. The molecule has 1 aliphatic heterocycles. The quantitative estimate of drug-likeness (QED) is 0.903. The topological polar surface area (TPSA) is 82.3 Å². The zero-order valence-electron chi connectivity index (χ0n) is 13.1. The number of nitrogens with zero attached hydrogens (tertiary/aromatic N) is 2. The molecule has 0 spiro atoms. The lowest BCUT2D eigenvalue weighted by atomic mass is 10.1. The Hall–Kier alpha value is -2.18. The van der Waals surface area contributed by atoms with E-state index in [9.17, 15) is 0 Å². The van der Waals surface area contributed by atoms with Gasteiger partial charge in [-0.1, -0.05) is 12.1 Å². The second-order valence-corrected chi connectivity index (χ2v) is 6.15. The third kappa shape index (κ3) is 2.87. The molecule has 4 rings (SSSR count). The number of rotatable bonds is 4. The predicted octanol–water partition coefficient (Wildman–Crippen LogP) is 2.90. The molecule has 6 heteroatoms. The monoisotopic (exact) mass is 312 g/mol. The molecule has 1 saturated heterocycles. The maximum atomic E-state index is 6.02. The number of nitrogen functional groups attached to an aromatic ring is 1. The smallest absolute Gasteiger partial charge is 0.229 e. The number of hydrogen-bond donors (Lipinski definition) is 2. The highest BCUT2D eigenvalue weighted by Crippen LogP contribution is 2.42. The van der Waals surface area contributed by atoms with Crippen LogP contribution >= 0.6 is 0 Å². The predicted molar refractivity (Wildman–Crippen MR) is 87.4 cm³/mol. The van der Waals surface area contributed by atoms with Crippen molar-refractivity contribution >= 4 is 17.5 Å². The lowest BCUT2D eigenvalue weighted by Crippen LogP contribution is -2.22. The van der Waals surface area contributed by atoms with Crippen LogP contribution in [0.1, 0.15) is 36.8 Å². The van der Waals surface area contributed by atoms with Crippen LogP contribution in [0.2, 0.25) is 0 Å². The summed E-state index contributed by atoms with van der Waals surface area (Å²) in [6.45, 7) is 3.18. The van der Waals surface area contributed by atoms with Crippen molar-refractivity contribution in [2.75, 3.05) is 24.3 Å². The number of aromatic nitrogens is 2. The number of nitrogens with two attached hydrogens (primary N) is 1. The maximum absolute atomic E-state index is 6.02. The fraction of sp³-hybridized carbons (Fsp3) is 0.412. The van der Waals surface area contributed by atoms with E-state index in [2.05, 4.69) is 15.3 Å². The third-order valence-electron chi connectivity index (χ3n) is 4.37. The van der Waals surface area contributed by atoms with Gasteiger partial charge in [-0.05, 0) is 37.8 Å². The molecule has 3 N–H and O–H groups in total. The average molecular weight is 312 g/mol. The first kappa shape index (κ1) is 14.4. The van der Waals surface area contributed by atoms with Crippen LogP contribution in [0.25, 0.3) is 0 Å². The summed E-state index contributed by atoms with van der Waals surface area (Å²) >= 11 is 0. The van der Waals surface area contributed by atoms with Gasteiger partial charge in [0.05, 0.1) is 13.2 Å². The molecular weight excluding hydrogens is 292 g/mol. The van der Waals surface area contributed by atoms with Crippen LogP contribution in [-0.4, -0.2) is 23.2 Å². The highest BCUT2D eigenvalue weighted by atomic mass is 16.7. The van der Waals surface area contributed by atoms with Crippen molar-refractivity contribution in [3.8, 4) is 0 Å². The summed E-state index contributed by atoms with van der Waals surface area (Å²) in [6, 6.07) is 7.88. The van der Waals surface area contributed by atoms with Gasteiger partial charge in [0.25, 0.3) is 0 Å². The molecule has 6 nitrogen and oxygen atoms in total. The Bertz CT molecular complexity index is 707. The molecule has 2 fully saturated rings. The van der Waals surface area contributed by atoms with Crippen molar-refractivity contribution in [3.63, 3.8) is 0 Å². The van der Waals surface area contributed by atoms with E-state index in [1.165, 1.54) is 12.8 Å². The van der Waals surface area contributed by atoms with E-state index < -0.39 is 5.79 Å². The van der Waals surface area contributed by atoms with Gasteiger partial charge in [-0.25, -0.2) is 4.98 Å². The molecular formula is C17H20N4O2. The summed E-state index contributed by atoms with van der Waals surface area (Å²) in [6.07, 6.45) is 4.20. The van der Waals surface area contributed by atoms with Gasteiger partial charge in [0.2, 0.25) is 5.95 Å². The van der Waals surface area contributed by atoms with E-state index in [1.807, 2.05) is 37.4 Å². The lowest BCUT2D eigenvalue weighted by Gasteiger charge is -2.22. The minimum absolute atomic E-state index is 0.513. The summed E-state index contributed by atoms with van der Waals surface area (Å²) in [5, 5.41) is 3.18. The van der Waals surface area contributed by atoms with Crippen LogP contribution in [0.5, 0.6) is 0 Å². The Morgan fingerprint density at radius 2 is 1.87 bits per heavy atom. The largest absolute Gasteiger partial charge is 0.383 e. The van der Waals surface area contributed by atoms with Gasteiger partial charge < -0.3 is 20.5 Å². The Kier molecular flexibility index (Phi) is 3.43. The highest BCUT2D eigenvalue weighted by Gasteiger charge is 2.32. The molecule has 2 heterocycles. The molecule has 1 aromatic carbocycles. The first-order valence-corrected chi connectivity index (χ1v) is 7.92. The summed E-state index contributed by atoms with van der Waals surface area (Å²) in [4.78, 5) is 8.71. The second kappa shape index (κ2) is 5.47. The third-order valence-corrected chi connectivity index (χ3v) is 4.37. The zero-order valence-corrected chi connectivity index (χ0v) is 13.1. The van der Waals surface area contributed by atoms with E-state index in [0.717, 1.165) is 16.8 Å². The molecule has 1 saturated carbocycles. The molecule has 0 amide bonds. The van der Waals surface area contributed by atoms with Crippen LogP contribution < -0.4 is 11.1 Å². The second-order valence-electron chi connectivity index (χ2n) is 6.15. The standard InChI is InChI=1S/C17H20N4O2/c1-17(22-8-9-23-17)12-4-6-13(7-5-12)20-16-19-10-14(11-2-3-11)15(18)21-16/h4-7,10-11H,2-3,8-9H2,1H3,(H3,18,19,20,21). The Balaban J connectivity index is 1.49. The molecule has 23 heavy (non-hydrogen) atoms. The van der Waals surface area contributed by atoms with Crippen LogP contribution in [0.3, 0.4) is 0 Å². The first-order chi connectivity index (χ1) is 11.1. The van der Waals surface area contributed by atoms with Crippen molar-refractivity contribution in [2.45, 2.75) is 31.5 Å². The number of benzene rings is 1. The Labute approximate surface area is 135 Å². The van der Waals surface area contributed by atoms with Crippen LogP contribution in [0.15, 0.2) is 30.5 Å². The van der Waals surface area contributed by atoms with Gasteiger partial charge in [-0.2, -0.15) is 4.98 Å². The summed E-state index contributed by atoms with van der Waals surface area (Å²) in [7, 11) is 0. The van der Waals surface area contributed by atoms with Crippen molar-refractivity contribution < 1.29 is 9.47 Å². The Morgan fingerprint density at radius 3 is 2.48 bits per heavy atom. The number of hydrogen-bond acceptors (Lipinski definition) is 6. The normalized spacial score (nSPS) is 19.7. The molecule has 120 valence electrons.